The molecule has 0 bridgehead atoms. The highest BCUT2D eigenvalue weighted by atomic mass is 32.2. The lowest BCUT2D eigenvalue weighted by atomic mass is 10.1. The summed E-state index contributed by atoms with van der Waals surface area (Å²) in [6.07, 6.45) is 9.48. The molecule has 0 atom stereocenters. The summed E-state index contributed by atoms with van der Waals surface area (Å²) < 4.78 is 0.192. The van der Waals surface area contributed by atoms with E-state index in [0.717, 1.165) is 23.8 Å². The van der Waals surface area contributed by atoms with Crippen molar-refractivity contribution >= 4 is 41.1 Å². The molecule has 0 aromatic carbocycles. The standard InChI is InChI=1S/C15H19NO3S2/c1-20-15(6-2-3-7-15)10-16-14(19)11-8-12(21-9-11)4-5-13(17)18/h4-5,8-9H,2-3,6-7,10H2,1H3,(H,16,19)(H,17,18)/b5-4+. The SMILES string of the molecule is CSC1(CNC(=O)c2csc(/C=C/C(=O)O)c2)CCCC1. The van der Waals surface area contributed by atoms with Gasteiger partial charge in [-0.2, -0.15) is 11.8 Å². The lowest BCUT2D eigenvalue weighted by Gasteiger charge is -2.26. The molecule has 4 nitrogen and oxygen atoms in total. The summed E-state index contributed by atoms with van der Waals surface area (Å²) in [5, 5.41) is 13.4. The Balaban J connectivity index is 1.93. The summed E-state index contributed by atoms with van der Waals surface area (Å²) in [6, 6.07) is 1.72. The van der Waals surface area contributed by atoms with E-state index in [4.69, 9.17) is 5.11 Å². The van der Waals surface area contributed by atoms with Crippen molar-refractivity contribution in [2.24, 2.45) is 0 Å². The van der Waals surface area contributed by atoms with Gasteiger partial charge in [0.1, 0.15) is 0 Å². The first-order valence-electron chi connectivity index (χ1n) is 6.87. The molecule has 1 fully saturated rings. The largest absolute Gasteiger partial charge is 0.478 e. The highest BCUT2D eigenvalue weighted by Gasteiger charge is 2.33. The minimum Gasteiger partial charge on any atom is -0.478 e. The molecule has 1 saturated carbocycles. The number of hydrogen-bond donors (Lipinski definition) is 2. The van der Waals surface area contributed by atoms with E-state index in [-0.39, 0.29) is 10.7 Å². The first kappa shape index (κ1) is 16.1. The smallest absolute Gasteiger partial charge is 0.328 e. The molecule has 1 aromatic rings. The third-order valence-electron chi connectivity index (χ3n) is 3.79. The van der Waals surface area contributed by atoms with Crippen LogP contribution in [0.4, 0.5) is 0 Å². The number of carbonyl (C=O) groups is 2. The molecule has 114 valence electrons. The number of carboxylic acids is 1. The van der Waals surface area contributed by atoms with Gasteiger partial charge in [-0.05, 0) is 31.2 Å². The molecule has 2 rings (SSSR count). The van der Waals surface area contributed by atoms with Gasteiger partial charge in [0.15, 0.2) is 0 Å². The van der Waals surface area contributed by atoms with Crippen molar-refractivity contribution in [2.75, 3.05) is 12.8 Å². The van der Waals surface area contributed by atoms with Crippen molar-refractivity contribution in [1.82, 2.24) is 5.32 Å². The summed E-state index contributed by atoms with van der Waals surface area (Å²) in [5.74, 6) is -1.07. The number of thioether (sulfide) groups is 1. The van der Waals surface area contributed by atoms with Crippen LogP contribution in [-0.4, -0.2) is 34.5 Å². The lowest BCUT2D eigenvalue weighted by Crippen LogP contribution is -2.38. The Labute approximate surface area is 132 Å². The number of nitrogens with one attached hydrogen (secondary N) is 1. The van der Waals surface area contributed by atoms with E-state index >= 15 is 0 Å². The predicted molar refractivity (Wildman–Crippen MR) is 88.0 cm³/mol. The summed E-state index contributed by atoms with van der Waals surface area (Å²) in [5.41, 5.74) is 0.597. The third kappa shape index (κ3) is 4.35. The van der Waals surface area contributed by atoms with Crippen LogP contribution >= 0.6 is 23.1 Å². The Morgan fingerprint density at radius 1 is 1.48 bits per heavy atom. The highest BCUT2D eigenvalue weighted by Crippen LogP contribution is 2.39. The Hall–Kier alpha value is -1.27. The van der Waals surface area contributed by atoms with E-state index in [1.807, 2.05) is 11.8 Å². The zero-order valence-electron chi connectivity index (χ0n) is 11.9. The van der Waals surface area contributed by atoms with Crippen LogP contribution in [0.3, 0.4) is 0 Å². The summed E-state index contributed by atoms with van der Waals surface area (Å²) in [6.45, 7) is 0.698. The number of rotatable bonds is 6. The zero-order chi connectivity index (χ0) is 15.3. The van der Waals surface area contributed by atoms with Crippen molar-refractivity contribution in [2.45, 2.75) is 30.4 Å². The second-order valence-corrected chi connectivity index (χ2v) is 7.40. The van der Waals surface area contributed by atoms with Gasteiger partial charge in [0, 0.05) is 27.6 Å². The van der Waals surface area contributed by atoms with Crippen LogP contribution in [-0.2, 0) is 4.79 Å². The molecule has 1 aliphatic carbocycles. The van der Waals surface area contributed by atoms with Gasteiger partial charge in [0.25, 0.3) is 5.91 Å². The molecule has 2 N–H and O–H groups in total. The molecule has 1 amide bonds. The molecule has 1 heterocycles. The van der Waals surface area contributed by atoms with Crippen LogP contribution in [0.25, 0.3) is 6.08 Å². The van der Waals surface area contributed by atoms with Gasteiger partial charge in [-0.15, -0.1) is 11.3 Å². The normalized spacial score (nSPS) is 17.2. The van der Waals surface area contributed by atoms with Crippen molar-refractivity contribution < 1.29 is 14.7 Å². The van der Waals surface area contributed by atoms with Gasteiger partial charge in [-0.1, -0.05) is 12.8 Å². The molecule has 0 saturated heterocycles. The number of thiophene rings is 1. The maximum Gasteiger partial charge on any atom is 0.328 e. The number of aliphatic carboxylic acids is 1. The lowest BCUT2D eigenvalue weighted by molar-refractivity contribution is -0.131. The van der Waals surface area contributed by atoms with Gasteiger partial charge in [0.05, 0.1) is 5.56 Å². The van der Waals surface area contributed by atoms with Gasteiger partial charge >= 0.3 is 5.97 Å². The van der Waals surface area contributed by atoms with Gasteiger partial charge in [0.2, 0.25) is 0 Å². The quantitative estimate of drug-likeness (QED) is 0.788. The Morgan fingerprint density at radius 3 is 2.81 bits per heavy atom. The van der Waals surface area contributed by atoms with Crippen molar-refractivity contribution in [1.29, 1.82) is 0 Å². The van der Waals surface area contributed by atoms with E-state index in [9.17, 15) is 9.59 Å². The summed E-state index contributed by atoms with van der Waals surface area (Å²) >= 11 is 3.21. The fraction of sp³-hybridized carbons (Fsp3) is 0.467. The maximum atomic E-state index is 12.2. The fourth-order valence-electron chi connectivity index (χ4n) is 2.53. The molecule has 0 radical (unpaired) electrons. The number of carboxylic acid groups (broad SMARTS) is 1. The van der Waals surface area contributed by atoms with E-state index in [1.54, 1.807) is 11.4 Å². The molecule has 1 aliphatic rings. The van der Waals surface area contributed by atoms with Crippen LogP contribution in [0.1, 0.15) is 40.9 Å². The average Bonchev–Trinajstić information content (AvgIpc) is 3.12. The monoisotopic (exact) mass is 325 g/mol. The molecule has 0 unspecified atom stereocenters. The van der Waals surface area contributed by atoms with Gasteiger partial charge < -0.3 is 10.4 Å². The fourth-order valence-corrected chi connectivity index (χ4v) is 4.22. The van der Waals surface area contributed by atoms with Crippen LogP contribution < -0.4 is 5.32 Å². The predicted octanol–water partition coefficient (Wildman–Crippen LogP) is 3.25. The van der Waals surface area contributed by atoms with E-state index in [1.165, 1.54) is 30.3 Å². The van der Waals surface area contributed by atoms with Crippen LogP contribution in [0.5, 0.6) is 0 Å². The Kier molecular flexibility index (Phi) is 5.47. The third-order valence-corrected chi connectivity index (χ3v) is 6.11. The average molecular weight is 325 g/mol. The minimum absolute atomic E-state index is 0.0819. The molecule has 0 aliphatic heterocycles. The van der Waals surface area contributed by atoms with Crippen molar-refractivity contribution in [3.05, 3.63) is 28.0 Å². The number of amides is 1. The van der Waals surface area contributed by atoms with Gasteiger partial charge in [-0.3, -0.25) is 4.79 Å². The molecule has 6 heteroatoms. The van der Waals surface area contributed by atoms with Gasteiger partial charge in [-0.25, -0.2) is 4.79 Å². The van der Waals surface area contributed by atoms with E-state index < -0.39 is 5.97 Å². The maximum absolute atomic E-state index is 12.2. The Bertz CT molecular complexity index is 545. The molecular weight excluding hydrogens is 306 g/mol. The molecule has 0 spiro atoms. The summed E-state index contributed by atoms with van der Waals surface area (Å²) in [4.78, 5) is 23.4. The zero-order valence-corrected chi connectivity index (χ0v) is 13.6. The molecule has 21 heavy (non-hydrogen) atoms. The Morgan fingerprint density at radius 2 is 2.19 bits per heavy atom. The van der Waals surface area contributed by atoms with Crippen molar-refractivity contribution in [3.8, 4) is 0 Å². The number of hydrogen-bond acceptors (Lipinski definition) is 4. The van der Waals surface area contributed by atoms with E-state index in [2.05, 4.69) is 11.6 Å². The highest BCUT2D eigenvalue weighted by molar-refractivity contribution is 8.00. The van der Waals surface area contributed by atoms with E-state index in [0.29, 0.717) is 12.1 Å². The first-order chi connectivity index (χ1) is 10.0. The van der Waals surface area contributed by atoms with Crippen molar-refractivity contribution in [3.63, 3.8) is 0 Å². The summed E-state index contributed by atoms with van der Waals surface area (Å²) in [7, 11) is 0. The topological polar surface area (TPSA) is 66.4 Å². The van der Waals surface area contributed by atoms with Crippen LogP contribution in [0, 0.1) is 0 Å². The van der Waals surface area contributed by atoms with Crippen LogP contribution in [0.2, 0.25) is 0 Å². The number of carbonyl (C=O) groups excluding carboxylic acids is 1. The molecule has 1 aromatic heterocycles. The second-order valence-electron chi connectivity index (χ2n) is 5.19. The van der Waals surface area contributed by atoms with Crippen LogP contribution in [0.15, 0.2) is 17.5 Å². The first-order valence-corrected chi connectivity index (χ1v) is 8.98. The molecular formula is C15H19NO3S2. The second kappa shape index (κ2) is 7.13. The minimum atomic E-state index is -0.988.